The number of fused-ring (bicyclic) bond motifs is 1. The van der Waals surface area contributed by atoms with Crippen molar-refractivity contribution in [2.75, 3.05) is 31.2 Å². The number of hydrogen-bond acceptors (Lipinski definition) is 4. The maximum absolute atomic E-state index is 6.02. The molecule has 1 fully saturated rings. The zero-order valence-corrected chi connectivity index (χ0v) is 21.3. The molecule has 2 aliphatic rings. The van der Waals surface area contributed by atoms with Gasteiger partial charge in [0, 0.05) is 44.5 Å². The first kappa shape index (κ1) is 24.0. The molecule has 1 atom stereocenters. The molecule has 0 amide bonds. The van der Waals surface area contributed by atoms with E-state index in [1.54, 1.807) is 0 Å². The lowest BCUT2D eigenvalue weighted by Gasteiger charge is -2.30. The molecule has 0 saturated carbocycles. The van der Waals surface area contributed by atoms with Crippen LogP contribution in [0, 0.1) is 0 Å². The molecule has 1 unspecified atom stereocenters. The largest absolute Gasteiger partial charge is 0.493 e. The Morgan fingerprint density at radius 1 is 0.784 bits per heavy atom. The van der Waals surface area contributed by atoms with E-state index in [1.165, 1.54) is 33.5 Å². The van der Waals surface area contributed by atoms with Gasteiger partial charge in [-0.3, -0.25) is 0 Å². The van der Waals surface area contributed by atoms with Crippen molar-refractivity contribution in [3.63, 3.8) is 0 Å². The van der Waals surface area contributed by atoms with Gasteiger partial charge in [0.1, 0.15) is 0 Å². The Hall–Kier alpha value is -3.38. The van der Waals surface area contributed by atoms with E-state index in [2.05, 4.69) is 120 Å². The molecule has 37 heavy (non-hydrogen) atoms. The number of rotatable bonds is 5. The minimum atomic E-state index is -0.301. The molecule has 2 heterocycles. The van der Waals surface area contributed by atoms with Gasteiger partial charge in [-0.1, -0.05) is 97.1 Å². The van der Waals surface area contributed by atoms with E-state index >= 15 is 0 Å². The van der Waals surface area contributed by atoms with Crippen LogP contribution in [0.4, 0.5) is 5.69 Å². The van der Waals surface area contributed by atoms with E-state index in [9.17, 15) is 0 Å². The maximum atomic E-state index is 6.02. The predicted octanol–water partition coefficient (Wildman–Crippen LogP) is 5.28. The highest BCUT2D eigenvalue weighted by molar-refractivity contribution is 6.61. The Balaban J connectivity index is 1.35. The zero-order valence-electron chi connectivity index (χ0n) is 21.3. The van der Waals surface area contributed by atoms with Gasteiger partial charge in [-0.15, -0.1) is 0 Å². The first-order valence-electron chi connectivity index (χ1n) is 13.3. The number of hydrogen-bond donors (Lipinski definition) is 1. The third-order valence-electron chi connectivity index (χ3n) is 7.62. The van der Waals surface area contributed by atoms with Gasteiger partial charge >= 0.3 is 7.12 Å². The summed E-state index contributed by atoms with van der Waals surface area (Å²) in [6.07, 6.45) is 0. The molecule has 5 heteroatoms. The van der Waals surface area contributed by atoms with Crippen LogP contribution in [0.5, 0.6) is 0 Å². The van der Waals surface area contributed by atoms with E-state index in [0.717, 1.165) is 25.1 Å². The molecule has 0 spiro atoms. The lowest BCUT2D eigenvalue weighted by Crippen LogP contribution is -2.43. The molecule has 4 aromatic carbocycles. The first-order valence-corrected chi connectivity index (χ1v) is 13.3. The van der Waals surface area contributed by atoms with Crippen LogP contribution in [0.3, 0.4) is 0 Å². The highest BCUT2D eigenvalue weighted by Gasteiger charge is 2.32. The smallest absolute Gasteiger partial charge is 0.406 e. The third-order valence-corrected chi connectivity index (χ3v) is 7.62. The SMILES string of the molecule is CC1c2ccc(B3OCCNCCO3)cc2CN1c1ccccc1C(c1ccccc1)c1ccccc1. The van der Waals surface area contributed by atoms with Crippen molar-refractivity contribution in [1.29, 1.82) is 0 Å². The zero-order chi connectivity index (χ0) is 25.0. The van der Waals surface area contributed by atoms with E-state index in [1.807, 2.05) is 0 Å². The topological polar surface area (TPSA) is 33.7 Å². The fourth-order valence-corrected chi connectivity index (χ4v) is 5.78. The van der Waals surface area contributed by atoms with Gasteiger partial charge in [0.25, 0.3) is 0 Å². The Morgan fingerprint density at radius 2 is 1.41 bits per heavy atom. The normalized spacial score (nSPS) is 17.9. The van der Waals surface area contributed by atoms with Gasteiger partial charge in [0.2, 0.25) is 0 Å². The van der Waals surface area contributed by atoms with Gasteiger partial charge in [-0.25, -0.2) is 0 Å². The lowest BCUT2D eigenvalue weighted by atomic mass is 9.77. The van der Waals surface area contributed by atoms with Crippen LogP contribution in [-0.2, 0) is 15.9 Å². The van der Waals surface area contributed by atoms with Crippen LogP contribution in [0.25, 0.3) is 0 Å². The second kappa shape index (κ2) is 10.9. The molecular formula is C32H33BN2O2. The van der Waals surface area contributed by atoms with Crippen molar-refractivity contribution in [3.8, 4) is 0 Å². The van der Waals surface area contributed by atoms with Crippen LogP contribution in [0.1, 0.15) is 46.7 Å². The number of nitrogens with zero attached hydrogens (tertiary/aromatic N) is 1. The van der Waals surface area contributed by atoms with Crippen LogP contribution in [-0.4, -0.2) is 33.4 Å². The van der Waals surface area contributed by atoms with Gasteiger partial charge in [0.05, 0.1) is 6.04 Å². The average molecular weight is 488 g/mol. The highest BCUT2D eigenvalue weighted by atomic mass is 16.6. The second-order valence-corrected chi connectivity index (χ2v) is 9.90. The predicted molar refractivity (Wildman–Crippen MR) is 151 cm³/mol. The van der Waals surface area contributed by atoms with Gasteiger partial charge in [-0.05, 0) is 46.3 Å². The summed E-state index contributed by atoms with van der Waals surface area (Å²) in [6.45, 7) is 6.20. The number of benzene rings is 4. The summed E-state index contributed by atoms with van der Waals surface area (Å²) < 4.78 is 12.0. The second-order valence-electron chi connectivity index (χ2n) is 9.90. The van der Waals surface area contributed by atoms with E-state index in [-0.39, 0.29) is 19.1 Å². The molecule has 4 aromatic rings. The van der Waals surface area contributed by atoms with Gasteiger partial charge in [0.15, 0.2) is 0 Å². The minimum absolute atomic E-state index is 0.162. The van der Waals surface area contributed by atoms with Crippen molar-refractivity contribution < 1.29 is 9.31 Å². The first-order chi connectivity index (χ1) is 18.3. The summed E-state index contributed by atoms with van der Waals surface area (Å²) in [5, 5.41) is 3.31. The van der Waals surface area contributed by atoms with Crippen molar-refractivity contribution in [1.82, 2.24) is 5.32 Å². The number of nitrogens with one attached hydrogen (secondary N) is 1. The third kappa shape index (κ3) is 4.95. The molecule has 6 rings (SSSR count). The van der Waals surface area contributed by atoms with Crippen LogP contribution in [0.2, 0.25) is 0 Å². The fraction of sp³-hybridized carbons (Fsp3) is 0.250. The van der Waals surface area contributed by atoms with Crippen molar-refractivity contribution in [3.05, 3.63) is 131 Å². The summed E-state index contributed by atoms with van der Waals surface area (Å²) >= 11 is 0. The fourth-order valence-electron chi connectivity index (χ4n) is 5.78. The Bertz CT molecular complexity index is 1280. The molecule has 0 aromatic heterocycles. The molecule has 0 bridgehead atoms. The summed E-state index contributed by atoms with van der Waals surface area (Å²) in [5.41, 5.74) is 9.07. The molecule has 4 nitrogen and oxygen atoms in total. The Labute approximate surface area is 220 Å². The summed E-state index contributed by atoms with van der Waals surface area (Å²) in [7, 11) is -0.301. The summed E-state index contributed by atoms with van der Waals surface area (Å²) in [4.78, 5) is 2.55. The molecule has 1 saturated heterocycles. The molecule has 186 valence electrons. The van der Waals surface area contributed by atoms with Gasteiger partial charge < -0.3 is 19.5 Å². The molecule has 0 aliphatic carbocycles. The van der Waals surface area contributed by atoms with Crippen molar-refractivity contribution >= 4 is 18.3 Å². The van der Waals surface area contributed by atoms with Crippen LogP contribution < -0.4 is 15.7 Å². The van der Waals surface area contributed by atoms with E-state index < -0.39 is 0 Å². The molecule has 2 aliphatic heterocycles. The van der Waals surface area contributed by atoms with Crippen LogP contribution in [0.15, 0.2) is 103 Å². The monoisotopic (exact) mass is 488 g/mol. The summed E-state index contributed by atoms with van der Waals surface area (Å²) in [6, 6.07) is 37.6. The van der Waals surface area contributed by atoms with Gasteiger partial charge in [-0.2, -0.15) is 0 Å². The van der Waals surface area contributed by atoms with E-state index in [0.29, 0.717) is 13.2 Å². The number of para-hydroxylation sites is 1. The molecule has 0 radical (unpaired) electrons. The number of anilines is 1. The van der Waals surface area contributed by atoms with Crippen molar-refractivity contribution in [2.24, 2.45) is 0 Å². The van der Waals surface area contributed by atoms with Crippen molar-refractivity contribution in [2.45, 2.75) is 25.4 Å². The molecule has 1 N–H and O–H groups in total. The average Bonchev–Trinajstić information content (AvgIpc) is 3.26. The quantitative estimate of drug-likeness (QED) is 0.306. The Morgan fingerprint density at radius 3 is 2.08 bits per heavy atom. The lowest BCUT2D eigenvalue weighted by molar-refractivity contribution is 0.187. The Kier molecular flexibility index (Phi) is 7.09. The minimum Gasteiger partial charge on any atom is -0.406 e. The van der Waals surface area contributed by atoms with E-state index in [4.69, 9.17) is 9.31 Å². The summed E-state index contributed by atoms with van der Waals surface area (Å²) in [5.74, 6) is 0.162. The standard InChI is InChI=1S/C32H33BN2O2/c1-24-29-17-16-28(33-36-20-18-34-19-21-37-33)22-27(29)23-35(24)31-15-9-8-14-30(31)32(25-10-4-2-5-11-25)26-12-6-3-7-13-26/h2-17,22,24,32,34H,18-21,23H2,1H3. The maximum Gasteiger partial charge on any atom is 0.493 e. The highest BCUT2D eigenvalue weighted by Crippen LogP contribution is 2.43. The molecular weight excluding hydrogens is 455 g/mol. The van der Waals surface area contributed by atoms with Crippen LogP contribution >= 0.6 is 0 Å².